The van der Waals surface area contributed by atoms with Gasteiger partial charge in [0, 0.05) is 6.54 Å². The summed E-state index contributed by atoms with van der Waals surface area (Å²) < 4.78 is 0. The van der Waals surface area contributed by atoms with Crippen LogP contribution in [0.2, 0.25) is 5.02 Å². The summed E-state index contributed by atoms with van der Waals surface area (Å²) in [5.74, 6) is 0. The number of nitrogens with zero attached hydrogens (tertiary/aromatic N) is 1. The van der Waals surface area contributed by atoms with Gasteiger partial charge in [-0.3, -0.25) is 0 Å². The van der Waals surface area contributed by atoms with Crippen LogP contribution in [0.25, 0.3) is 0 Å². The van der Waals surface area contributed by atoms with E-state index in [1.54, 1.807) is 0 Å². The number of hydrogen-bond acceptors (Lipinski definition) is 3. The molecule has 18 heavy (non-hydrogen) atoms. The number of nitrogens with two attached hydrogens (primary N) is 1. The highest BCUT2D eigenvalue weighted by Crippen LogP contribution is 2.33. The summed E-state index contributed by atoms with van der Waals surface area (Å²) in [7, 11) is 2.18. The topological polar surface area (TPSA) is 41.3 Å². The molecule has 0 saturated carbocycles. The van der Waals surface area contributed by atoms with E-state index in [1.807, 2.05) is 18.2 Å². The maximum Gasteiger partial charge on any atom is 0.0763 e. The van der Waals surface area contributed by atoms with Crippen LogP contribution < -0.4 is 11.1 Å². The molecule has 1 aromatic rings. The number of anilines is 2. The van der Waals surface area contributed by atoms with Crippen molar-refractivity contribution in [2.24, 2.45) is 5.41 Å². The fourth-order valence-electron chi connectivity index (χ4n) is 2.36. The van der Waals surface area contributed by atoms with Gasteiger partial charge in [0.05, 0.1) is 16.4 Å². The molecule has 1 aliphatic rings. The Hall–Kier alpha value is -0.930. The number of rotatable bonds is 3. The summed E-state index contributed by atoms with van der Waals surface area (Å²) >= 11 is 6.17. The van der Waals surface area contributed by atoms with Gasteiger partial charge in [0.2, 0.25) is 0 Å². The molecule has 3 nitrogen and oxygen atoms in total. The van der Waals surface area contributed by atoms with Gasteiger partial charge < -0.3 is 16.0 Å². The van der Waals surface area contributed by atoms with Crippen LogP contribution in [0.3, 0.4) is 0 Å². The molecule has 0 bridgehead atoms. The molecule has 100 valence electrons. The lowest BCUT2D eigenvalue weighted by Gasteiger charge is -2.38. The van der Waals surface area contributed by atoms with Crippen molar-refractivity contribution in [1.29, 1.82) is 0 Å². The lowest BCUT2D eigenvalue weighted by Crippen LogP contribution is -2.40. The second-order valence-corrected chi connectivity index (χ2v) is 6.08. The Morgan fingerprint density at radius 2 is 2.06 bits per heavy atom. The molecule has 0 spiro atoms. The van der Waals surface area contributed by atoms with E-state index in [-0.39, 0.29) is 0 Å². The molecular weight excluding hydrogens is 246 g/mol. The second-order valence-electron chi connectivity index (χ2n) is 5.67. The number of nitrogens with one attached hydrogen (secondary N) is 1. The Morgan fingerprint density at radius 1 is 1.39 bits per heavy atom. The van der Waals surface area contributed by atoms with Crippen LogP contribution in [-0.2, 0) is 0 Å². The van der Waals surface area contributed by atoms with Gasteiger partial charge in [-0.25, -0.2) is 0 Å². The van der Waals surface area contributed by atoms with Crippen molar-refractivity contribution >= 4 is 23.0 Å². The molecule has 0 aromatic heterocycles. The van der Waals surface area contributed by atoms with Crippen molar-refractivity contribution in [3.8, 4) is 0 Å². The second kappa shape index (κ2) is 5.37. The summed E-state index contributed by atoms with van der Waals surface area (Å²) in [4.78, 5) is 2.38. The maximum atomic E-state index is 6.17. The maximum absolute atomic E-state index is 6.17. The van der Waals surface area contributed by atoms with Crippen molar-refractivity contribution < 1.29 is 0 Å². The summed E-state index contributed by atoms with van der Waals surface area (Å²) in [6.07, 6.45) is 2.42. The Morgan fingerprint density at radius 3 is 2.67 bits per heavy atom. The van der Waals surface area contributed by atoms with Crippen molar-refractivity contribution in [2.75, 3.05) is 37.7 Å². The number of nitrogen functional groups attached to an aromatic ring is 1. The van der Waals surface area contributed by atoms with E-state index in [2.05, 4.69) is 24.2 Å². The first-order valence-electron chi connectivity index (χ1n) is 6.47. The van der Waals surface area contributed by atoms with E-state index >= 15 is 0 Å². The first-order valence-corrected chi connectivity index (χ1v) is 6.84. The highest BCUT2D eigenvalue weighted by atomic mass is 35.5. The zero-order valence-electron chi connectivity index (χ0n) is 11.2. The van der Waals surface area contributed by atoms with E-state index < -0.39 is 0 Å². The lowest BCUT2D eigenvalue weighted by atomic mass is 9.80. The lowest BCUT2D eigenvalue weighted by molar-refractivity contribution is 0.150. The van der Waals surface area contributed by atoms with Gasteiger partial charge >= 0.3 is 0 Å². The van der Waals surface area contributed by atoms with E-state index in [0.29, 0.717) is 10.4 Å². The first-order chi connectivity index (χ1) is 8.50. The number of para-hydroxylation sites is 1. The third-order valence-electron chi connectivity index (χ3n) is 3.93. The summed E-state index contributed by atoms with van der Waals surface area (Å²) in [6.45, 7) is 5.58. The van der Waals surface area contributed by atoms with Crippen LogP contribution in [0, 0.1) is 5.41 Å². The molecule has 1 heterocycles. The van der Waals surface area contributed by atoms with E-state index in [9.17, 15) is 0 Å². The van der Waals surface area contributed by atoms with Crippen LogP contribution in [0.4, 0.5) is 11.4 Å². The van der Waals surface area contributed by atoms with Crippen LogP contribution in [0.1, 0.15) is 19.8 Å². The van der Waals surface area contributed by atoms with E-state index in [1.165, 1.54) is 12.8 Å². The van der Waals surface area contributed by atoms with Crippen molar-refractivity contribution in [3.63, 3.8) is 0 Å². The number of halogens is 1. The minimum Gasteiger partial charge on any atom is -0.397 e. The summed E-state index contributed by atoms with van der Waals surface area (Å²) in [6, 6.07) is 5.63. The predicted molar refractivity (Wildman–Crippen MR) is 79.2 cm³/mol. The zero-order chi connectivity index (χ0) is 13.2. The van der Waals surface area contributed by atoms with Gasteiger partial charge in [0.15, 0.2) is 0 Å². The van der Waals surface area contributed by atoms with Crippen molar-refractivity contribution in [1.82, 2.24) is 4.90 Å². The quantitative estimate of drug-likeness (QED) is 0.827. The van der Waals surface area contributed by atoms with Gasteiger partial charge in [0.25, 0.3) is 0 Å². The molecule has 3 N–H and O–H groups in total. The van der Waals surface area contributed by atoms with Crippen molar-refractivity contribution in [3.05, 3.63) is 23.2 Å². The third-order valence-corrected chi connectivity index (χ3v) is 4.25. The smallest absolute Gasteiger partial charge is 0.0763 e. The van der Waals surface area contributed by atoms with E-state index in [4.69, 9.17) is 17.3 Å². The monoisotopic (exact) mass is 267 g/mol. The molecule has 4 heteroatoms. The van der Waals surface area contributed by atoms with Crippen LogP contribution in [-0.4, -0.2) is 31.6 Å². The average Bonchev–Trinajstić information content (AvgIpc) is 2.33. The van der Waals surface area contributed by atoms with Gasteiger partial charge in [-0.1, -0.05) is 24.6 Å². The van der Waals surface area contributed by atoms with Gasteiger partial charge in [0.1, 0.15) is 0 Å². The largest absolute Gasteiger partial charge is 0.397 e. The first kappa shape index (κ1) is 13.5. The normalized spacial score (nSPS) is 19.7. The standard InChI is InChI=1S/C14H22ClN3/c1-14(6-8-18(2)9-7-14)10-17-13-11(15)4-3-5-12(13)16/h3-5,17H,6-10,16H2,1-2H3. The molecule has 0 amide bonds. The molecule has 1 aliphatic heterocycles. The van der Waals surface area contributed by atoms with E-state index in [0.717, 1.165) is 31.0 Å². The molecule has 2 rings (SSSR count). The fraction of sp³-hybridized carbons (Fsp3) is 0.571. The minimum absolute atomic E-state index is 0.331. The van der Waals surface area contributed by atoms with Crippen LogP contribution >= 0.6 is 11.6 Å². The number of hydrogen-bond donors (Lipinski definition) is 2. The molecule has 1 saturated heterocycles. The van der Waals surface area contributed by atoms with Crippen LogP contribution in [0.5, 0.6) is 0 Å². The highest BCUT2D eigenvalue weighted by Gasteiger charge is 2.28. The Labute approximate surface area is 114 Å². The molecule has 0 radical (unpaired) electrons. The molecule has 0 atom stereocenters. The third kappa shape index (κ3) is 3.09. The Balaban J connectivity index is 1.99. The molecule has 1 aromatic carbocycles. The molecule has 0 unspecified atom stereocenters. The predicted octanol–water partition coefficient (Wildman–Crippen LogP) is 3.07. The fourth-order valence-corrected chi connectivity index (χ4v) is 2.61. The SMILES string of the molecule is CN1CCC(C)(CNc2c(N)cccc2Cl)CC1. The van der Waals surface area contributed by atoms with Gasteiger partial charge in [-0.15, -0.1) is 0 Å². The molecule has 0 aliphatic carbocycles. The minimum atomic E-state index is 0.331. The number of piperidine rings is 1. The molecule has 1 fully saturated rings. The van der Waals surface area contributed by atoms with Crippen molar-refractivity contribution in [2.45, 2.75) is 19.8 Å². The number of benzene rings is 1. The Bertz CT molecular complexity index is 391. The Kier molecular flexibility index (Phi) is 4.03. The average molecular weight is 268 g/mol. The van der Waals surface area contributed by atoms with Gasteiger partial charge in [-0.05, 0) is 50.5 Å². The van der Waals surface area contributed by atoms with Gasteiger partial charge in [-0.2, -0.15) is 0 Å². The zero-order valence-corrected chi connectivity index (χ0v) is 11.9. The van der Waals surface area contributed by atoms with Crippen LogP contribution in [0.15, 0.2) is 18.2 Å². The summed E-state index contributed by atoms with van der Waals surface area (Å²) in [5, 5.41) is 4.13. The molecular formula is C14H22ClN3. The number of likely N-dealkylation sites (tertiary alicyclic amines) is 1. The highest BCUT2D eigenvalue weighted by molar-refractivity contribution is 6.33. The summed E-state index contributed by atoms with van der Waals surface area (Å²) in [5.41, 5.74) is 7.87.